The summed E-state index contributed by atoms with van der Waals surface area (Å²) in [6.45, 7) is 3.58. The summed E-state index contributed by atoms with van der Waals surface area (Å²) in [6.07, 6.45) is 0. The summed E-state index contributed by atoms with van der Waals surface area (Å²) in [6, 6.07) is 7.15. The summed E-state index contributed by atoms with van der Waals surface area (Å²) in [7, 11) is 1.58. The fourth-order valence-electron chi connectivity index (χ4n) is 2.08. The van der Waals surface area contributed by atoms with Gasteiger partial charge in [-0.3, -0.25) is 0 Å². The highest BCUT2D eigenvalue weighted by molar-refractivity contribution is 9.10. The lowest BCUT2D eigenvalue weighted by molar-refractivity contribution is 0.0697. The standard InChI is InChI=1S/C15H15BrN2O3/c1-8-6-9(2)17-14(13(8)15(19)20)18-10-4-5-12(21-3)11(16)7-10/h4-7H,1-3H3,(H,17,18)(H,19,20). The van der Waals surface area contributed by atoms with Gasteiger partial charge in [0, 0.05) is 11.4 Å². The summed E-state index contributed by atoms with van der Waals surface area (Å²) >= 11 is 3.40. The average molecular weight is 351 g/mol. The number of benzene rings is 1. The van der Waals surface area contributed by atoms with E-state index in [1.165, 1.54) is 0 Å². The SMILES string of the molecule is COc1ccc(Nc2nc(C)cc(C)c2C(=O)O)cc1Br. The van der Waals surface area contributed by atoms with E-state index in [1.807, 2.05) is 13.0 Å². The molecule has 21 heavy (non-hydrogen) atoms. The number of nitrogens with zero attached hydrogens (tertiary/aromatic N) is 1. The van der Waals surface area contributed by atoms with Crippen molar-refractivity contribution >= 4 is 33.4 Å². The van der Waals surface area contributed by atoms with Crippen molar-refractivity contribution in [3.8, 4) is 5.75 Å². The second-order valence-electron chi connectivity index (χ2n) is 4.58. The Bertz CT molecular complexity index is 702. The predicted molar refractivity (Wildman–Crippen MR) is 84.6 cm³/mol. The van der Waals surface area contributed by atoms with E-state index in [9.17, 15) is 9.90 Å². The van der Waals surface area contributed by atoms with Gasteiger partial charge in [0.25, 0.3) is 0 Å². The van der Waals surface area contributed by atoms with Crippen LogP contribution in [0.15, 0.2) is 28.7 Å². The largest absolute Gasteiger partial charge is 0.496 e. The summed E-state index contributed by atoms with van der Waals surface area (Å²) < 4.78 is 5.94. The lowest BCUT2D eigenvalue weighted by Crippen LogP contribution is -2.08. The molecule has 0 unspecified atom stereocenters. The van der Waals surface area contributed by atoms with E-state index in [0.29, 0.717) is 17.1 Å². The quantitative estimate of drug-likeness (QED) is 0.874. The second kappa shape index (κ2) is 6.13. The fourth-order valence-corrected chi connectivity index (χ4v) is 2.62. The third-order valence-electron chi connectivity index (χ3n) is 2.97. The molecule has 0 aliphatic rings. The Morgan fingerprint density at radius 2 is 2.05 bits per heavy atom. The molecule has 2 aromatic rings. The molecule has 0 saturated heterocycles. The molecule has 2 rings (SSSR count). The summed E-state index contributed by atoms with van der Waals surface area (Å²) in [5.41, 5.74) is 2.33. The van der Waals surface area contributed by atoms with E-state index < -0.39 is 5.97 Å². The van der Waals surface area contributed by atoms with Crippen LogP contribution in [0.3, 0.4) is 0 Å². The molecular formula is C15H15BrN2O3. The van der Waals surface area contributed by atoms with E-state index in [-0.39, 0.29) is 5.56 Å². The Balaban J connectivity index is 2.44. The minimum atomic E-state index is -1.00. The van der Waals surface area contributed by atoms with E-state index in [4.69, 9.17) is 4.74 Å². The van der Waals surface area contributed by atoms with Crippen molar-refractivity contribution < 1.29 is 14.6 Å². The fraction of sp³-hybridized carbons (Fsp3) is 0.200. The molecule has 1 heterocycles. The number of halogens is 1. The Morgan fingerprint density at radius 3 is 2.62 bits per heavy atom. The van der Waals surface area contributed by atoms with E-state index in [1.54, 1.807) is 32.2 Å². The molecule has 0 aliphatic carbocycles. The molecule has 0 radical (unpaired) electrons. The molecule has 0 atom stereocenters. The molecule has 0 aliphatic heterocycles. The van der Waals surface area contributed by atoms with Gasteiger partial charge < -0.3 is 15.2 Å². The van der Waals surface area contributed by atoms with Crippen molar-refractivity contribution in [2.75, 3.05) is 12.4 Å². The molecule has 5 nitrogen and oxygen atoms in total. The summed E-state index contributed by atoms with van der Waals surface area (Å²) in [5, 5.41) is 12.4. The lowest BCUT2D eigenvalue weighted by Gasteiger charge is -2.13. The van der Waals surface area contributed by atoms with Crippen LogP contribution in [-0.2, 0) is 0 Å². The van der Waals surface area contributed by atoms with Crippen LogP contribution in [0.1, 0.15) is 21.6 Å². The smallest absolute Gasteiger partial charge is 0.339 e. The number of nitrogens with one attached hydrogen (secondary N) is 1. The zero-order valence-corrected chi connectivity index (χ0v) is 13.5. The van der Waals surface area contributed by atoms with Gasteiger partial charge >= 0.3 is 5.97 Å². The highest BCUT2D eigenvalue weighted by Gasteiger charge is 2.16. The average Bonchev–Trinajstić information content (AvgIpc) is 2.37. The third-order valence-corrected chi connectivity index (χ3v) is 3.59. The topological polar surface area (TPSA) is 71.5 Å². The van der Waals surface area contributed by atoms with E-state index >= 15 is 0 Å². The zero-order valence-electron chi connectivity index (χ0n) is 11.9. The number of hydrogen-bond donors (Lipinski definition) is 2. The first-order chi connectivity index (χ1) is 9.92. The van der Waals surface area contributed by atoms with Gasteiger partial charge in [-0.05, 0) is 59.6 Å². The van der Waals surface area contributed by atoms with Crippen molar-refractivity contribution in [3.63, 3.8) is 0 Å². The maximum absolute atomic E-state index is 11.4. The molecule has 0 fully saturated rings. The number of carboxylic acid groups (broad SMARTS) is 1. The molecule has 2 N–H and O–H groups in total. The number of ether oxygens (including phenoxy) is 1. The highest BCUT2D eigenvalue weighted by Crippen LogP contribution is 2.30. The first kappa shape index (κ1) is 15.3. The van der Waals surface area contributed by atoms with Crippen LogP contribution in [-0.4, -0.2) is 23.2 Å². The number of aryl methyl sites for hydroxylation is 2. The maximum Gasteiger partial charge on any atom is 0.339 e. The van der Waals surface area contributed by atoms with Gasteiger partial charge in [0.1, 0.15) is 17.1 Å². The Labute approximate surface area is 131 Å². The van der Waals surface area contributed by atoms with Crippen LogP contribution in [0, 0.1) is 13.8 Å². The number of carbonyl (C=O) groups is 1. The van der Waals surface area contributed by atoms with Gasteiger partial charge in [-0.1, -0.05) is 0 Å². The molecule has 0 amide bonds. The van der Waals surface area contributed by atoms with Crippen molar-refractivity contribution in [3.05, 3.63) is 45.6 Å². The van der Waals surface area contributed by atoms with Gasteiger partial charge in [0.05, 0.1) is 11.6 Å². The maximum atomic E-state index is 11.4. The molecule has 0 saturated carbocycles. The van der Waals surface area contributed by atoms with Crippen LogP contribution in [0.2, 0.25) is 0 Å². The third kappa shape index (κ3) is 3.33. The second-order valence-corrected chi connectivity index (χ2v) is 5.44. The van der Waals surface area contributed by atoms with Crippen LogP contribution >= 0.6 is 15.9 Å². The number of aromatic carboxylic acids is 1. The van der Waals surface area contributed by atoms with Gasteiger partial charge in [0.15, 0.2) is 0 Å². The molecular weight excluding hydrogens is 336 g/mol. The zero-order chi connectivity index (χ0) is 15.6. The van der Waals surface area contributed by atoms with Crippen LogP contribution in [0.4, 0.5) is 11.5 Å². The number of methoxy groups -OCH3 is 1. The predicted octanol–water partition coefficient (Wildman–Crippen LogP) is 3.91. The Morgan fingerprint density at radius 1 is 1.33 bits per heavy atom. The van der Waals surface area contributed by atoms with Crippen LogP contribution in [0.25, 0.3) is 0 Å². The first-order valence-electron chi connectivity index (χ1n) is 6.24. The molecule has 1 aromatic heterocycles. The van der Waals surface area contributed by atoms with Crippen molar-refractivity contribution in [1.82, 2.24) is 4.98 Å². The van der Waals surface area contributed by atoms with Crippen molar-refractivity contribution in [2.45, 2.75) is 13.8 Å². The van der Waals surface area contributed by atoms with Crippen molar-refractivity contribution in [2.24, 2.45) is 0 Å². The normalized spacial score (nSPS) is 10.3. The van der Waals surface area contributed by atoms with Gasteiger partial charge in [-0.15, -0.1) is 0 Å². The molecule has 0 bridgehead atoms. The Kier molecular flexibility index (Phi) is 4.47. The van der Waals surface area contributed by atoms with Crippen molar-refractivity contribution in [1.29, 1.82) is 0 Å². The summed E-state index contributed by atoms with van der Waals surface area (Å²) in [5.74, 6) is 0.0273. The lowest BCUT2D eigenvalue weighted by atomic mass is 10.1. The van der Waals surface area contributed by atoms with Crippen LogP contribution < -0.4 is 10.1 Å². The van der Waals surface area contributed by atoms with E-state index in [0.717, 1.165) is 15.9 Å². The highest BCUT2D eigenvalue weighted by atomic mass is 79.9. The summed E-state index contributed by atoms with van der Waals surface area (Å²) in [4.78, 5) is 15.7. The number of carboxylic acids is 1. The number of pyridine rings is 1. The Hall–Kier alpha value is -2.08. The first-order valence-corrected chi connectivity index (χ1v) is 7.03. The molecule has 6 heteroatoms. The molecule has 110 valence electrons. The monoisotopic (exact) mass is 350 g/mol. The number of hydrogen-bond acceptors (Lipinski definition) is 4. The minimum Gasteiger partial charge on any atom is -0.496 e. The van der Waals surface area contributed by atoms with Gasteiger partial charge in [-0.25, -0.2) is 9.78 Å². The van der Waals surface area contributed by atoms with Gasteiger partial charge in [-0.2, -0.15) is 0 Å². The van der Waals surface area contributed by atoms with Crippen LogP contribution in [0.5, 0.6) is 5.75 Å². The number of rotatable bonds is 4. The van der Waals surface area contributed by atoms with Gasteiger partial charge in [0.2, 0.25) is 0 Å². The van der Waals surface area contributed by atoms with E-state index in [2.05, 4.69) is 26.2 Å². The molecule has 0 spiro atoms. The molecule has 1 aromatic carbocycles. The minimum absolute atomic E-state index is 0.174. The number of aromatic nitrogens is 1. The number of anilines is 2.